The van der Waals surface area contributed by atoms with Gasteiger partial charge in [0.15, 0.2) is 0 Å². The fourth-order valence-electron chi connectivity index (χ4n) is 10.2. The van der Waals surface area contributed by atoms with Crippen LogP contribution in [-0.4, -0.2) is 0 Å². The Hall–Kier alpha value is -8.72. The van der Waals surface area contributed by atoms with Crippen LogP contribution in [0.5, 0.6) is 0 Å². The molecule has 13 aromatic rings. The number of benzene rings is 12. The number of fused-ring (bicyclic) bond motifs is 9. The molecule has 0 bridgehead atoms. The number of hydrogen-bond acceptors (Lipinski definition) is 2. The molecule has 13 rings (SSSR count). The van der Waals surface area contributed by atoms with E-state index in [1.165, 1.54) is 76.6 Å². The Labute approximate surface area is 382 Å². The predicted octanol–water partition coefficient (Wildman–Crippen LogP) is 18.3. The Morgan fingerprint density at radius 3 is 1.42 bits per heavy atom. The van der Waals surface area contributed by atoms with Crippen molar-refractivity contribution in [3.05, 3.63) is 249 Å². The molecule has 0 amide bonds. The molecular weight excluding hydrogens is 799 g/mol. The zero-order valence-electron chi connectivity index (χ0n) is 36.0. The lowest BCUT2D eigenvalue weighted by molar-refractivity contribution is 0.672. The third-order valence-corrected chi connectivity index (χ3v) is 13.4. The first-order valence-corrected chi connectivity index (χ1v) is 22.7. The third-order valence-electron chi connectivity index (χ3n) is 13.4. The summed E-state index contributed by atoms with van der Waals surface area (Å²) >= 11 is 0. The second kappa shape index (κ2) is 15.5. The van der Waals surface area contributed by atoms with Crippen molar-refractivity contribution in [2.45, 2.75) is 0 Å². The lowest BCUT2D eigenvalue weighted by Crippen LogP contribution is -2.09. The quantitative estimate of drug-likeness (QED) is 0.149. The van der Waals surface area contributed by atoms with Crippen molar-refractivity contribution in [2.24, 2.45) is 0 Å². The Bertz CT molecular complexity index is 3960. The first-order valence-electron chi connectivity index (χ1n) is 22.7. The maximum absolute atomic E-state index is 6.58. The molecule has 12 aromatic carbocycles. The van der Waals surface area contributed by atoms with E-state index in [1.807, 2.05) is 0 Å². The predicted molar refractivity (Wildman–Crippen MR) is 280 cm³/mol. The van der Waals surface area contributed by atoms with E-state index in [9.17, 15) is 0 Å². The molecule has 0 spiro atoms. The van der Waals surface area contributed by atoms with E-state index in [2.05, 4.69) is 254 Å². The van der Waals surface area contributed by atoms with Crippen LogP contribution in [0, 0.1) is 0 Å². The molecule has 0 aliphatic heterocycles. The van der Waals surface area contributed by atoms with Crippen molar-refractivity contribution in [3.8, 4) is 44.5 Å². The van der Waals surface area contributed by atoms with E-state index >= 15 is 0 Å². The maximum Gasteiger partial charge on any atom is 0.143 e. The molecular formula is C64H41NO. The van der Waals surface area contributed by atoms with Crippen LogP contribution in [0.1, 0.15) is 0 Å². The summed E-state index contributed by atoms with van der Waals surface area (Å²) in [5, 5.41) is 12.0. The summed E-state index contributed by atoms with van der Waals surface area (Å²) in [7, 11) is 0. The highest BCUT2D eigenvalue weighted by Gasteiger charge is 2.20. The van der Waals surface area contributed by atoms with Gasteiger partial charge in [-0.1, -0.05) is 188 Å². The topological polar surface area (TPSA) is 16.4 Å². The molecule has 1 aromatic heterocycles. The second-order valence-electron chi connectivity index (χ2n) is 17.2. The Kier molecular flexibility index (Phi) is 8.89. The van der Waals surface area contributed by atoms with E-state index in [0.717, 1.165) is 50.0 Å². The van der Waals surface area contributed by atoms with Crippen molar-refractivity contribution >= 4 is 82.1 Å². The summed E-state index contributed by atoms with van der Waals surface area (Å²) < 4.78 is 6.58. The monoisotopic (exact) mass is 839 g/mol. The van der Waals surface area contributed by atoms with Gasteiger partial charge in [0.1, 0.15) is 11.2 Å². The third kappa shape index (κ3) is 6.34. The minimum absolute atomic E-state index is 0.876. The van der Waals surface area contributed by atoms with Crippen LogP contribution in [0.3, 0.4) is 0 Å². The largest absolute Gasteiger partial charge is 0.455 e. The summed E-state index contributed by atoms with van der Waals surface area (Å²) in [4.78, 5) is 2.36. The molecule has 0 unspecified atom stereocenters. The summed E-state index contributed by atoms with van der Waals surface area (Å²) in [6.45, 7) is 0. The Morgan fingerprint density at radius 2 is 0.727 bits per heavy atom. The molecule has 0 saturated heterocycles. The molecule has 2 heteroatoms. The van der Waals surface area contributed by atoms with Crippen molar-refractivity contribution in [1.82, 2.24) is 0 Å². The number of rotatable bonds is 7. The van der Waals surface area contributed by atoms with E-state index in [0.29, 0.717) is 0 Å². The van der Waals surface area contributed by atoms with Crippen molar-refractivity contribution in [3.63, 3.8) is 0 Å². The van der Waals surface area contributed by atoms with Gasteiger partial charge in [0.2, 0.25) is 0 Å². The van der Waals surface area contributed by atoms with Crippen LogP contribution in [-0.2, 0) is 0 Å². The molecule has 0 fully saturated rings. The summed E-state index contributed by atoms with van der Waals surface area (Å²) in [6, 6.07) is 90.3. The van der Waals surface area contributed by atoms with Gasteiger partial charge < -0.3 is 9.32 Å². The normalized spacial score (nSPS) is 11.6. The van der Waals surface area contributed by atoms with Gasteiger partial charge in [-0.3, -0.25) is 0 Å². The molecule has 0 atom stereocenters. The highest BCUT2D eigenvalue weighted by molar-refractivity contribution is 6.22. The minimum atomic E-state index is 0.876. The average molecular weight is 840 g/mol. The van der Waals surface area contributed by atoms with E-state index < -0.39 is 0 Å². The molecule has 0 aliphatic rings. The first kappa shape index (κ1) is 37.8. The fraction of sp³-hybridized carbons (Fsp3) is 0. The first-order chi connectivity index (χ1) is 32.7. The number of anilines is 3. The van der Waals surface area contributed by atoms with Crippen molar-refractivity contribution in [2.75, 3.05) is 4.90 Å². The Morgan fingerprint density at radius 1 is 0.242 bits per heavy atom. The highest BCUT2D eigenvalue weighted by atomic mass is 16.3. The van der Waals surface area contributed by atoms with Crippen LogP contribution in [0.25, 0.3) is 110 Å². The minimum Gasteiger partial charge on any atom is -0.455 e. The molecule has 0 N–H and O–H groups in total. The van der Waals surface area contributed by atoms with E-state index in [4.69, 9.17) is 4.42 Å². The standard InChI is InChI=1S/C64H41NO/c1-3-15-46(16-4-1)62-57-22-12-11-21-55(57)56-36-30-50(40-60(56)63(62)47-17-5-2-6-18-47)44-27-33-52(34-28-44)65(51-31-25-43(26-32-51)49-24-23-42-13-7-8-19-48(42)39-49)53-35-38-61-59(41-53)58-37-29-45-14-9-10-20-54(45)64(58)66-61/h1-41H. The Balaban J connectivity index is 0.952. The van der Waals surface area contributed by atoms with Gasteiger partial charge in [0, 0.05) is 33.2 Å². The second-order valence-corrected chi connectivity index (χ2v) is 17.2. The summed E-state index contributed by atoms with van der Waals surface area (Å²) in [5.41, 5.74) is 14.6. The van der Waals surface area contributed by atoms with Crippen LogP contribution in [0.15, 0.2) is 253 Å². The lowest BCUT2D eigenvalue weighted by Gasteiger charge is -2.26. The SMILES string of the molecule is c1ccc(-c2c(-c3ccccc3)c3cc(-c4ccc(N(c5ccc(-c6ccc7ccccc7c6)cc5)c5ccc6oc7c8ccccc8ccc7c6c5)cc4)ccc3c3ccccc23)cc1. The van der Waals surface area contributed by atoms with Gasteiger partial charge in [-0.25, -0.2) is 0 Å². The lowest BCUT2D eigenvalue weighted by atomic mass is 9.84. The summed E-state index contributed by atoms with van der Waals surface area (Å²) in [6.07, 6.45) is 0. The molecule has 1 heterocycles. The highest BCUT2D eigenvalue weighted by Crippen LogP contribution is 2.46. The van der Waals surface area contributed by atoms with Gasteiger partial charge in [0.05, 0.1) is 0 Å². The van der Waals surface area contributed by atoms with Gasteiger partial charge in [-0.05, 0) is 143 Å². The van der Waals surface area contributed by atoms with Crippen LogP contribution in [0.4, 0.5) is 17.1 Å². The fourth-order valence-corrected chi connectivity index (χ4v) is 10.2. The van der Waals surface area contributed by atoms with E-state index in [1.54, 1.807) is 0 Å². The van der Waals surface area contributed by atoms with E-state index in [-0.39, 0.29) is 0 Å². The van der Waals surface area contributed by atoms with Gasteiger partial charge in [-0.2, -0.15) is 0 Å². The van der Waals surface area contributed by atoms with Gasteiger partial charge in [0.25, 0.3) is 0 Å². The molecule has 66 heavy (non-hydrogen) atoms. The van der Waals surface area contributed by atoms with Gasteiger partial charge in [-0.15, -0.1) is 0 Å². The van der Waals surface area contributed by atoms with Crippen LogP contribution < -0.4 is 4.90 Å². The van der Waals surface area contributed by atoms with Crippen molar-refractivity contribution in [1.29, 1.82) is 0 Å². The summed E-state index contributed by atoms with van der Waals surface area (Å²) in [5.74, 6) is 0. The number of hydrogen-bond donors (Lipinski definition) is 0. The smallest absolute Gasteiger partial charge is 0.143 e. The average Bonchev–Trinajstić information content (AvgIpc) is 3.77. The van der Waals surface area contributed by atoms with Crippen molar-refractivity contribution < 1.29 is 4.42 Å². The molecule has 2 nitrogen and oxygen atoms in total. The van der Waals surface area contributed by atoms with Crippen LogP contribution >= 0.6 is 0 Å². The van der Waals surface area contributed by atoms with Crippen LogP contribution in [0.2, 0.25) is 0 Å². The molecule has 0 aliphatic carbocycles. The zero-order chi connectivity index (χ0) is 43.6. The number of furan rings is 1. The molecule has 308 valence electrons. The number of nitrogens with zero attached hydrogens (tertiary/aromatic N) is 1. The molecule has 0 radical (unpaired) electrons. The maximum atomic E-state index is 6.58. The van der Waals surface area contributed by atoms with Gasteiger partial charge >= 0.3 is 0 Å². The molecule has 0 saturated carbocycles. The zero-order valence-corrected chi connectivity index (χ0v) is 36.0.